The van der Waals surface area contributed by atoms with Gasteiger partial charge in [0.15, 0.2) is 0 Å². The maximum absolute atomic E-state index is 5.39. The van der Waals surface area contributed by atoms with Crippen LogP contribution in [0, 0.1) is 0 Å². The summed E-state index contributed by atoms with van der Waals surface area (Å²) in [5.74, 6) is 3.18. The number of nitrogens with two attached hydrogens (primary N) is 1. The number of anilines is 1. The molecule has 0 spiro atoms. The summed E-state index contributed by atoms with van der Waals surface area (Å²) in [6, 6.07) is 2.13. The highest BCUT2D eigenvalue weighted by Gasteiger charge is 2.11. The first-order valence-corrected chi connectivity index (χ1v) is 5.55. The van der Waals surface area contributed by atoms with E-state index in [2.05, 4.69) is 16.4 Å². The standard InChI is InChI=1S/C9H13N3S/c10-1-2-11-9-3-7-5-13-6-8(7)4-12-9/h3-4H,1-2,5-6,10H2,(H,11,12). The van der Waals surface area contributed by atoms with Crippen LogP contribution in [0.25, 0.3) is 0 Å². The number of rotatable bonds is 3. The summed E-state index contributed by atoms with van der Waals surface area (Å²) < 4.78 is 0. The average molecular weight is 195 g/mol. The van der Waals surface area contributed by atoms with Crippen LogP contribution >= 0.6 is 11.8 Å². The van der Waals surface area contributed by atoms with Crippen molar-refractivity contribution in [3.8, 4) is 0 Å². The van der Waals surface area contributed by atoms with Crippen LogP contribution in [0.5, 0.6) is 0 Å². The highest BCUT2D eigenvalue weighted by Crippen LogP contribution is 2.30. The minimum atomic E-state index is 0.646. The molecule has 0 atom stereocenters. The molecule has 1 aliphatic heterocycles. The van der Waals surface area contributed by atoms with Gasteiger partial charge in [-0.05, 0) is 17.2 Å². The molecule has 3 N–H and O–H groups in total. The van der Waals surface area contributed by atoms with E-state index in [0.29, 0.717) is 6.54 Å². The second-order valence-corrected chi connectivity index (χ2v) is 4.03. The molecule has 0 saturated heterocycles. The van der Waals surface area contributed by atoms with E-state index in [1.807, 2.05) is 18.0 Å². The lowest BCUT2D eigenvalue weighted by Crippen LogP contribution is -2.13. The quantitative estimate of drug-likeness (QED) is 0.761. The lowest BCUT2D eigenvalue weighted by molar-refractivity contribution is 1.01. The molecule has 2 heterocycles. The molecule has 0 bridgehead atoms. The zero-order chi connectivity index (χ0) is 9.10. The number of pyridine rings is 1. The van der Waals surface area contributed by atoms with E-state index in [4.69, 9.17) is 5.73 Å². The first-order chi connectivity index (χ1) is 6.40. The Morgan fingerprint density at radius 2 is 2.31 bits per heavy atom. The van der Waals surface area contributed by atoms with Crippen LogP contribution in [0.15, 0.2) is 12.3 Å². The van der Waals surface area contributed by atoms with Crippen LogP contribution in [0.3, 0.4) is 0 Å². The van der Waals surface area contributed by atoms with Crippen molar-refractivity contribution in [2.24, 2.45) is 5.73 Å². The largest absolute Gasteiger partial charge is 0.369 e. The maximum atomic E-state index is 5.39. The van der Waals surface area contributed by atoms with E-state index in [0.717, 1.165) is 23.9 Å². The Morgan fingerprint density at radius 1 is 1.46 bits per heavy atom. The summed E-state index contributed by atoms with van der Waals surface area (Å²) in [5.41, 5.74) is 8.19. The fourth-order valence-electron chi connectivity index (χ4n) is 1.36. The third kappa shape index (κ3) is 1.95. The summed E-state index contributed by atoms with van der Waals surface area (Å²) in [7, 11) is 0. The molecule has 0 aromatic carbocycles. The number of thioether (sulfide) groups is 1. The van der Waals surface area contributed by atoms with Crippen LogP contribution < -0.4 is 11.1 Å². The molecule has 2 rings (SSSR count). The highest BCUT2D eigenvalue weighted by atomic mass is 32.2. The van der Waals surface area contributed by atoms with Crippen LogP contribution in [-0.2, 0) is 11.5 Å². The van der Waals surface area contributed by atoms with E-state index in [1.165, 1.54) is 11.1 Å². The minimum absolute atomic E-state index is 0.646. The molecule has 3 nitrogen and oxygen atoms in total. The molecule has 13 heavy (non-hydrogen) atoms. The van der Waals surface area contributed by atoms with Gasteiger partial charge >= 0.3 is 0 Å². The number of nitrogens with one attached hydrogen (secondary N) is 1. The van der Waals surface area contributed by atoms with E-state index in [1.54, 1.807) is 0 Å². The molecule has 0 fully saturated rings. The summed E-state index contributed by atoms with van der Waals surface area (Å²) in [6.07, 6.45) is 1.97. The Balaban J connectivity index is 2.12. The predicted molar refractivity (Wildman–Crippen MR) is 56.8 cm³/mol. The third-order valence-electron chi connectivity index (χ3n) is 2.05. The molecule has 4 heteroatoms. The topological polar surface area (TPSA) is 50.9 Å². The summed E-state index contributed by atoms with van der Waals surface area (Å²) in [4.78, 5) is 4.31. The van der Waals surface area contributed by atoms with Gasteiger partial charge in [0.25, 0.3) is 0 Å². The van der Waals surface area contributed by atoms with Crippen LogP contribution in [-0.4, -0.2) is 18.1 Å². The van der Waals surface area contributed by atoms with E-state index < -0.39 is 0 Å². The number of aromatic nitrogens is 1. The van der Waals surface area contributed by atoms with Crippen molar-refractivity contribution in [2.45, 2.75) is 11.5 Å². The van der Waals surface area contributed by atoms with Crippen LogP contribution in [0.1, 0.15) is 11.1 Å². The van der Waals surface area contributed by atoms with Gasteiger partial charge < -0.3 is 11.1 Å². The first kappa shape index (κ1) is 8.84. The van der Waals surface area contributed by atoms with Gasteiger partial charge in [-0.3, -0.25) is 0 Å². The molecule has 1 aromatic rings. The molecule has 0 amide bonds. The predicted octanol–water partition coefficient (Wildman–Crippen LogP) is 1.20. The van der Waals surface area contributed by atoms with Crippen molar-refractivity contribution < 1.29 is 0 Å². The van der Waals surface area contributed by atoms with Gasteiger partial charge in [-0.1, -0.05) is 0 Å². The monoisotopic (exact) mass is 195 g/mol. The lowest BCUT2D eigenvalue weighted by atomic mass is 10.2. The Hall–Kier alpha value is -0.740. The van der Waals surface area contributed by atoms with Gasteiger partial charge in [0.05, 0.1) is 0 Å². The van der Waals surface area contributed by atoms with E-state index >= 15 is 0 Å². The number of fused-ring (bicyclic) bond motifs is 1. The smallest absolute Gasteiger partial charge is 0.126 e. The highest BCUT2D eigenvalue weighted by molar-refractivity contribution is 7.98. The molecule has 1 aliphatic rings. The molecule has 0 radical (unpaired) electrons. The molecule has 70 valence electrons. The van der Waals surface area contributed by atoms with Crippen molar-refractivity contribution in [1.82, 2.24) is 4.98 Å². The zero-order valence-electron chi connectivity index (χ0n) is 7.42. The van der Waals surface area contributed by atoms with Gasteiger partial charge in [0.1, 0.15) is 5.82 Å². The molecular formula is C9H13N3S. The summed E-state index contributed by atoms with van der Waals surface area (Å²) >= 11 is 1.94. The Kier molecular flexibility index (Phi) is 2.71. The molecule has 0 saturated carbocycles. The normalized spacial score (nSPS) is 14.2. The van der Waals surface area contributed by atoms with E-state index in [-0.39, 0.29) is 0 Å². The zero-order valence-corrected chi connectivity index (χ0v) is 8.23. The summed E-state index contributed by atoms with van der Waals surface area (Å²) in [6.45, 7) is 1.44. The minimum Gasteiger partial charge on any atom is -0.369 e. The van der Waals surface area contributed by atoms with Crippen molar-refractivity contribution in [1.29, 1.82) is 0 Å². The molecule has 0 unspecified atom stereocenters. The van der Waals surface area contributed by atoms with Gasteiger partial charge in [-0.15, -0.1) is 0 Å². The van der Waals surface area contributed by atoms with Crippen molar-refractivity contribution in [3.05, 3.63) is 23.4 Å². The van der Waals surface area contributed by atoms with Gasteiger partial charge in [0.2, 0.25) is 0 Å². The van der Waals surface area contributed by atoms with Gasteiger partial charge in [-0.2, -0.15) is 11.8 Å². The number of hydrogen-bond acceptors (Lipinski definition) is 4. The van der Waals surface area contributed by atoms with Crippen LogP contribution in [0.4, 0.5) is 5.82 Å². The molecular weight excluding hydrogens is 182 g/mol. The average Bonchev–Trinajstić information content (AvgIpc) is 2.61. The van der Waals surface area contributed by atoms with Crippen molar-refractivity contribution >= 4 is 17.6 Å². The Labute approximate surface area is 82.1 Å². The SMILES string of the molecule is NCCNc1cc2c(cn1)CSC2. The number of nitrogens with zero attached hydrogens (tertiary/aromatic N) is 1. The van der Waals surface area contributed by atoms with Gasteiger partial charge in [-0.25, -0.2) is 4.98 Å². The second kappa shape index (κ2) is 3.98. The third-order valence-corrected chi connectivity index (χ3v) is 3.08. The second-order valence-electron chi connectivity index (χ2n) is 3.05. The fourth-order valence-corrected chi connectivity index (χ4v) is 2.43. The number of hydrogen-bond donors (Lipinski definition) is 2. The van der Waals surface area contributed by atoms with Gasteiger partial charge in [0, 0.05) is 30.8 Å². The van der Waals surface area contributed by atoms with Crippen molar-refractivity contribution in [2.75, 3.05) is 18.4 Å². The summed E-state index contributed by atoms with van der Waals surface area (Å²) in [5, 5.41) is 3.18. The Morgan fingerprint density at radius 3 is 3.15 bits per heavy atom. The first-order valence-electron chi connectivity index (χ1n) is 4.39. The molecule has 0 aliphatic carbocycles. The fraction of sp³-hybridized carbons (Fsp3) is 0.444. The lowest BCUT2D eigenvalue weighted by Gasteiger charge is -2.04. The van der Waals surface area contributed by atoms with Crippen LogP contribution in [0.2, 0.25) is 0 Å². The maximum Gasteiger partial charge on any atom is 0.126 e. The van der Waals surface area contributed by atoms with E-state index in [9.17, 15) is 0 Å². The Bertz CT molecular complexity index is 301. The van der Waals surface area contributed by atoms with Crippen molar-refractivity contribution in [3.63, 3.8) is 0 Å². The molecule has 1 aromatic heterocycles.